The quantitative estimate of drug-likeness (QED) is 0.566. The molecule has 0 aliphatic heterocycles. The molecule has 0 amide bonds. The predicted octanol–water partition coefficient (Wildman–Crippen LogP) is 3.18. The van der Waals surface area contributed by atoms with Crippen LogP contribution in [-0.4, -0.2) is 6.29 Å². The van der Waals surface area contributed by atoms with E-state index in [0.717, 1.165) is 6.42 Å². The molecule has 0 radical (unpaired) electrons. The lowest BCUT2D eigenvalue weighted by molar-refractivity contribution is -0.117. The Balaban J connectivity index is 2.15. The maximum absolute atomic E-state index is 11.0. The van der Waals surface area contributed by atoms with Crippen LogP contribution in [-0.2, 0) is 4.79 Å². The first-order valence-corrected chi connectivity index (χ1v) is 5.71. The van der Waals surface area contributed by atoms with Crippen LogP contribution < -0.4 is 0 Å². The monoisotopic (exact) mass is 180 g/mol. The first kappa shape index (κ1) is 9.23. The van der Waals surface area contributed by atoms with Gasteiger partial charge in [-0.15, -0.1) is 0 Å². The lowest BCUT2D eigenvalue weighted by atomic mass is 9.57. The van der Waals surface area contributed by atoms with Crippen LogP contribution in [0, 0.1) is 17.3 Å². The van der Waals surface area contributed by atoms with Crippen molar-refractivity contribution in [1.29, 1.82) is 0 Å². The van der Waals surface area contributed by atoms with Crippen molar-refractivity contribution in [3.63, 3.8) is 0 Å². The van der Waals surface area contributed by atoms with Crippen LogP contribution in [0.15, 0.2) is 0 Å². The van der Waals surface area contributed by atoms with Gasteiger partial charge in [0.1, 0.15) is 6.29 Å². The van der Waals surface area contributed by atoms with Gasteiger partial charge in [-0.3, -0.25) is 0 Å². The molecule has 0 aromatic rings. The van der Waals surface area contributed by atoms with Gasteiger partial charge in [0.2, 0.25) is 0 Å². The van der Waals surface area contributed by atoms with E-state index in [0.29, 0.717) is 17.3 Å². The minimum atomic E-state index is 0.388. The summed E-state index contributed by atoms with van der Waals surface area (Å²) in [5.74, 6) is 1.10. The van der Waals surface area contributed by atoms with Crippen molar-refractivity contribution < 1.29 is 4.79 Å². The third-order valence-electron chi connectivity index (χ3n) is 4.39. The van der Waals surface area contributed by atoms with Crippen molar-refractivity contribution in [1.82, 2.24) is 0 Å². The number of aldehydes is 1. The summed E-state index contributed by atoms with van der Waals surface area (Å²) in [5.41, 5.74) is 0.516. The highest BCUT2D eigenvalue weighted by Gasteiger charge is 2.42. The second-order valence-electron chi connectivity index (χ2n) is 5.20. The number of rotatable bonds is 1. The van der Waals surface area contributed by atoms with E-state index in [9.17, 15) is 4.79 Å². The Morgan fingerprint density at radius 1 is 1.15 bits per heavy atom. The Labute approximate surface area is 80.9 Å². The number of hydrogen-bond donors (Lipinski definition) is 0. The van der Waals surface area contributed by atoms with E-state index in [1.54, 1.807) is 0 Å². The smallest absolute Gasteiger partial charge is 0.123 e. The summed E-state index contributed by atoms with van der Waals surface area (Å²) in [6.45, 7) is 2.41. The second kappa shape index (κ2) is 3.43. The molecule has 1 heteroatoms. The highest BCUT2D eigenvalue weighted by atomic mass is 16.1. The van der Waals surface area contributed by atoms with Gasteiger partial charge in [-0.05, 0) is 37.0 Å². The fourth-order valence-electron chi connectivity index (χ4n) is 3.57. The first-order chi connectivity index (χ1) is 6.26. The van der Waals surface area contributed by atoms with Crippen LogP contribution in [0.1, 0.15) is 51.9 Å². The molecule has 1 nitrogen and oxygen atoms in total. The highest BCUT2D eigenvalue weighted by Crippen LogP contribution is 2.51. The topological polar surface area (TPSA) is 17.1 Å². The molecule has 0 saturated heterocycles. The van der Waals surface area contributed by atoms with E-state index in [1.165, 1.54) is 44.8 Å². The summed E-state index contributed by atoms with van der Waals surface area (Å²) in [7, 11) is 0. The van der Waals surface area contributed by atoms with Crippen LogP contribution in [0.4, 0.5) is 0 Å². The second-order valence-corrected chi connectivity index (χ2v) is 5.20. The molecule has 3 unspecified atom stereocenters. The number of fused-ring (bicyclic) bond motifs is 1. The maximum Gasteiger partial charge on any atom is 0.123 e. The summed E-state index contributed by atoms with van der Waals surface area (Å²) in [6, 6.07) is 0. The normalized spacial score (nSPS) is 45.3. The van der Waals surface area contributed by atoms with Crippen molar-refractivity contribution in [3.8, 4) is 0 Å². The van der Waals surface area contributed by atoms with Crippen LogP contribution in [0.3, 0.4) is 0 Å². The molecular weight excluding hydrogens is 160 g/mol. The van der Waals surface area contributed by atoms with Gasteiger partial charge in [0.25, 0.3) is 0 Å². The molecule has 0 N–H and O–H groups in total. The van der Waals surface area contributed by atoms with E-state index >= 15 is 0 Å². The summed E-state index contributed by atoms with van der Waals surface area (Å²) in [5, 5.41) is 0. The molecule has 2 fully saturated rings. The molecule has 13 heavy (non-hydrogen) atoms. The van der Waals surface area contributed by atoms with Crippen LogP contribution in [0.25, 0.3) is 0 Å². The summed E-state index contributed by atoms with van der Waals surface area (Å²) in [4.78, 5) is 11.0. The molecule has 0 heterocycles. The van der Waals surface area contributed by atoms with Gasteiger partial charge >= 0.3 is 0 Å². The molecule has 74 valence electrons. The summed E-state index contributed by atoms with van der Waals surface area (Å²) in [6.07, 6.45) is 10.4. The van der Waals surface area contributed by atoms with Crippen LogP contribution in [0.2, 0.25) is 0 Å². The first-order valence-electron chi connectivity index (χ1n) is 5.71. The lowest BCUT2D eigenvalue weighted by Gasteiger charge is -2.47. The third kappa shape index (κ3) is 1.53. The molecule has 0 spiro atoms. The number of carbonyl (C=O) groups is 1. The Kier molecular flexibility index (Phi) is 2.44. The van der Waals surface area contributed by atoms with Crippen molar-refractivity contribution in [2.45, 2.75) is 51.9 Å². The number of carbonyl (C=O) groups excluding carboxylic acids is 1. The zero-order valence-corrected chi connectivity index (χ0v) is 8.59. The zero-order valence-electron chi connectivity index (χ0n) is 8.59. The molecule has 2 aliphatic rings. The van der Waals surface area contributed by atoms with E-state index < -0.39 is 0 Å². The zero-order chi connectivity index (χ0) is 9.31. The molecule has 0 aromatic carbocycles. The van der Waals surface area contributed by atoms with Gasteiger partial charge in [0.15, 0.2) is 0 Å². The van der Waals surface area contributed by atoms with Gasteiger partial charge in [-0.2, -0.15) is 0 Å². The Bertz CT molecular complexity index is 195. The van der Waals surface area contributed by atoms with E-state index in [2.05, 4.69) is 6.92 Å². The SMILES string of the molecule is CC12CCCCC1C(C=O)CCC2. The van der Waals surface area contributed by atoms with E-state index in [4.69, 9.17) is 0 Å². The predicted molar refractivity (Wildman–Crippen MR) is 53.5 cm³/mol. The lowest BCUT2D eigenvalue weighted by Crippen LogP contribution is -2.39. The molecule has 0 bridgehead atoms. The van der Waals surface area contributed by atoms with Gasteiger partial charge in [-0.25, -0.2) is 0 Å². The van der Waals surface area contributed by atoms with Crippen LogP contribution >= 0.6 is 0 Å². The van der Waals surface area contributed by atoms with Crippen molar-refractivity contribution in [3.05, 3.63) is 0 Å². The van der Waals surface area contributed by atoms with Crippen molar-refractivity contribution in [2.75, 3.05) is 0 Å². The van der Waals surface area contributed by atoms with Gasteiger partial charge < -0.3 is 4.79 Å². The molecule has 2 saturated carbocycles. The van der Waals surface area contributed by atoms with E-state index in [-0.39, 0.29) is 0 Å². The largest absolute Gasteiger partial charge is 0.303 e. The standard InChI is InChI=1S/C12H20O/c1-12-7-3-2-6-11(12)10(9-13)5-4-8-12/h9-11H,2-8H2,1H3. The average molecular weight is 180 g/mol. The molecule has 2 aliphatic carbocycles. The van der Waals surface area contributed by atoms with E-state index in [1.807, 2.05) is 0 Å². The molecule has 0 aromatic heterocycles. The van der Waals surface area contributed by atoms with Gasteiger partial charge in [0.05, 0.1) is 0 Å². The molecular formula is C12H20O. The average Bonchev–Trinajstić information content (AvgIpc) is 2.15. The highest BCUT2D eigenvalue weighted by molar-refractivity contribution is 5.54. The van der Waals surface area contributed by atoms with Gasteiger partial charge in [0, 0.05) is 5.92 Å². The maximum atomic E-state index is 11.0. The minimum absolute atomic E-state index is 0.388. The Morgan fingerprint density at radius 3 is 2.69 bits per heavy atom. The van der Waals surface area contributed by atoms with Crippen LogP contribution in [0.5, 0.6) is 0 Å². The fraction of sp³-hybridized carbons (Fsp3) is 0.917. The molecule has 2 rings (SSSR count). The van der Waals surface area contributed by atoms with Crippen molar-refractivity contribution >= 4 is 6.29 Å². The number of hydrogen-bond acceptors (Lipinski definition) is 1. The minimum Gasteiger partial charge on any atom is -0.303 e. The summed E-state index contributed by atoms with van der Waals surface area (Å²) >= 11 is 0. The fourth-order valence-corrected chi connectivity index (χ4v) is 3.57. The van der Waals surface area contributed by atoms with Gasteiger partial charge in [-0.1, -0.05) is 26.2 Å². The Hall–Kier alpha value is -0.330. The summed E-state index contributed by atoms with van der Waals surface area (Å²) < 4.78 is 0. The Morgan fingerprint density at radius 2 is 1.92 bits per heavy atom. The van der Waals surface area contributed by atoms with Crippen molar-refractivity contribution in [2.24, 2.45) is 17.3 Å². The third-order valence-corrected chi connectivity index (χ3v) is 4.39. The molecule has 3 atom stereocenters.